The second-order valence-electron chi connectivity index (χ2n) is 4.23. The molecule has 1 aromatic carbocycles. The zero-order valence-electron chi connectivity index (χ0n) is 10.00. The molecule has 0 bridgehead atoms. The van der Waals surface area contributed by atoms with Crippen LogP contribution >= 0.6 is 34.2 Å². The molecule has 1 N–H and O–H groups in total. The smallest absolute Gasteiger partial charge is 0.218 e. The third-order valence-corrected chi connectivity index (χ3v) is 3.71. The maximum Gasteiger partial charge on any atom is 0.218 e. The Morgan fingerprint density at radius 3 is 2.78 bits per heavy atom. The minimum atomic E-state index is -0.433. The number of rotatable bonds is 2. The SMILES string of the molecule is CC(=O)NC(C)(I)c1ccc2nc(Cl)ccc2c1. The Morgan fingerprint density at radius 2 is 2.11 bits per heavy atom. The van der Waals surface area contributed by atoms with Crippen LogP contribution in [0.4, 0.5) is 0 Å². The second-order valence-corrected chi connectivity index (χ2v) is 6.77. The molecule has 18 heavy (non-hydrogen) atoms. The van der Waals surface area contributed by atoms with Crippen molar-refractivity contribution in [2.75, 3.05) is 0 Å². The highest BCUT2D eigenvalue weighted by molar-refractivity contribution is 14.1. The molecular weight excluding hydrogens is 363 g/mol. The molecule has 94 valence electrons. The molecule has 0 saturated heterocycles. The maximum atomic E-state index is 11.2. The number of nitrogens with one attached hydrogen (secondary N) is 1. The molecule has 0 aliphatic rings. The first-order valence-electron chi connectivity index (χ1n) is 5.43. The normalized spacial score (nSPS) is 14.2. The van der Waals surface area contributed by atoms with Gasteiger partial charge in [-0.25, -0.2) is 4.98 Å². The molecule has 1 unspecified atom stereocenters. The maximum absolute atomic E-state index is 11.2. The summed E-state index contributed by atoms with van der Waals surface area (Å²) < 4.78 is -0.433. The minimum Gasteiger partial charge on any atom is -0.338 e. The molecule has 1 atom stereocenters. The molecule has 0 aliphatic carbocycles. The average Bonchev–Trinajstić information content (AvgIpc) is 2.26. The van der Waals surface area contributed by atoms with Crippen LogP contribution in [0.2, 0.25) is 5.15 Å². The lowest BCUT2D eigenvalue weighted by molar-refractivity contribution is -0.119. The Hall–Kier alpha value is -0.880. The van der Waals surface area contributed by atoms with E-state index >= 15 is 0 Å². The first-order chi connectivity index (χ1) is 8.38. The van der Waals surface area contributed by atoms with E-state index in [0.29, 0.717) is 5.15 Å². The summed E-state index contributed by atoms with van der Waals surface area (Å²) in [4.78, 5) is 15.4. The molecule has 5 heteroatoms. The van der Waals surface area contributed by atoms with E-state index in [4.69, 9.17) is 11.6 Å². The van der Waals surface area contributed by atoms with Gasteiger partial charge in [-0.05, 0) is 59.3 Å². The van der Waals surface area contributed by atoms with Crippen LogP contribution in [0.3, 0.4) is 0 Å². The van der Waals surface area contributed by atoms with Crippen LogP contribution in [0.15, 0.2) is 30.3 Å². The Kier molecular flexibility index (Phi) is 3.77. The highest BCUT2D eigenvalue weighted by Gasteiger charge is 2.23. The molecule has 1 heterocycles. The fourth-order valence-corrected chi connectivity index (χ4v) is 2.66. The molecule has 1 amide bonds. The van der Waals surface area contributed by atoms with Gasteiger partial charge < -0.3 is 5.32 Å². The van der Waals surface area contributed by atoms with Gasteiger partial charge in [0, 0.05) is 12.3 Å². The predicted molar refractivity (Wildman–Crippen MR) is 81.9 cm³/mol. The minimum absolute atomic E-state index is 0.0544. The fraction of sp³-hybridized carbons (Fsp3) is 0.231. The van der Waals surface area contributed by atoms with E-state index in [1.165, 1.54) is 6.92 Å². The van der Waals surface area contributed by atoms with Gasteiger partial charge in [0.15, 0.2) is 0 Å². The van der Waals surface area contributed by atoms with Gasteiger partial charge in [-0.3, -0.25) is 4.79 Å². The molecule has 0 radical (unpaired) electrons. The lowest BCUT2D eigenvalue weighted by Gasteiger charge is -2.24. The van der Waals surface area contributed by atoms with Crippen LogP contribution in [0, 0.1) is 0 Å². The summed E-state index contributed by atoms with van der Waals surface area (Å²) in [7, 11) is 0. The molecule has 1 aromatic heterocycles. The Labute approximate surface area is 124 Å². The average molecular weight is 375 g/mol. The van der Waals surface area contributed by atoms with E-state index in [0.717, 1.165) is 16.5 Å². The first kappa shape index (κ1) is 13.5. The van der Waals surface area contributed by atoms with Crippen LogP contribution in [0.5, 0.6) is 0 Å². The molecule has 2 rings (SSSR count). The Balaban J connectivity index is 2.47. The highest BCUT2D eigenvalue weighted by Crippen LogP contribution is 2.30. The summed E-state index contributed by atoms with van der Waals surface area (Å²) in [5, 5.41) is 4.40. The number of carbonyl (C=O) groups is 1. The van der Waals surface area contributed by atoms with Crippen molar-refractivity contribution in [3.05, 3.63) is 41.0 Å². The number of benzene rings is 1. The number of pyridine rings is 1. The van der Waals surface area contributed by atoms with Crippen molar-refractivity contribution in [1.29, 1.82) is 0 Å². The predicted octanol–water partition coefficient (Wildman–Crippen LogP) is 3.63. The summed E-state index contributed by atoms with van der Waals surface area (Å²) in [6.07, 6.45) is 0. The fourth-order valence-electron chi connectivity index (χ4n) is 1.80. The number of halogens is 2. The molecule has 0 aliphatic heterocycles. The number of aromatic nitrogens is 1. The van der Waals surface area contributed by atoms with Crippen molar-refractivity contribution in [2.24, 2.45) is 0 Å². The highest BCUT2D eigenvalue weighted by atomic mass is 127. The van der Waals surface area contributed by atoms with E-state index in [1.807, 2.05) is 31.2 Å². The number of nitrogens with zero attached hydrogens (tertiary/aromatic N) is 1. The molecule has 0 saturated carbocycles. The quantitative estimate of drug-likeness (QED) is 0.377. The van der Waals surface area contributed by atoms with Crippen molar-refractivity contribution < 1.29 is 4.79 Å². The number of hydrogen-bond donors (Lipinski definition) is 1. The summed E-state index contributed by atoms with van der Waals surface area (Å²) in [6, 6.07) is 9.57. The van der Waals surface area contributed by atoms with E-state index in [9.17, 15) is 4.79 Å². The van der Waals surface area contributed by atoms with E-state index < -0.39 is 3.55 Å². The summed E-state index contributed by atoms with van der Waals surface area (Å²) in [5.74, 6) is -0.0544. The molecule has 2 aromatic rings. The first-order valence-corrected chi connectivity index (χ1v) is 6.88. The van der Waals surface area contributed by atoms with Gasteiger partial charge in [-0.1, -0.05) is 17.7 Å². The second kappa shape index (κ2) is 5.01. The number of amides is 1. The van der Waals surface area contributed by atoms with Crippen LogP contribution in [-0.2, 0) is 8.34 Å². The van der Waals surface area contributed by atoms with Gasteiger partial charge in [0.05, 0.1) is 5.52 Å². The number of alkyl halides is 1. The number of hydrogen-bond acceptors (Lipinski definition) is 2. The number of fused-ring (bicyclic) bond motifs is 1. The van der Waals surface area contributed by atoms with Crippen molar-refractivity contribution >= 4 is 51.0 Å². The Bertz CT molecular complexity index is 613. The summed E-state index contributed by atoms with van der Waals surface area (Å²) in [6.45, 7) is 3.47. The lowest BCUT2D eigenvalue weighted by Crippen LogP contribution is -2.36. The summed E-state index contributed by atoms with van der Waals surface area (Å²) >= 11 is 8.07. The largest absolute Gasteiger partial charge is 0.338 e. The topological polar surface area (TPSA) is 42.0 Å². The van der Waals surface area contributed by atoms with Crippen LogP contribution < -0.4 is 5.32 Å². The monoisotopic (exact) mass is 374 g/mol. The van der Waals surface area contributed by atoms with Gasteiger partial charge >= 0.3 is 0 Å². The van der Waals surface area contributed by atoms with Gasteiger partial charge in [-0.2, -0.15) is 0 Å². The molecular formula is C13H12ClIN2O. The van der Waals surface area contributed by atoms with E-state index in [1.54, 1.807) is 6.07 Å². The van der Waals surface area contributed by atoms with Crippen LogP contribution in [0.25, 0.3) is 10.9 Å². The van der Waals surface area contributed by atoms with Crippen molar-refractivity contribution in [3.8, 4) is 0 Å². The van der Waals surface area contributed by atoms with Gasteiger partial charge in [-0.15, -0.1) is 0 Å². The Morgan fingerprint density at radius 1 is 1.39 bits per heavy atom. The standard InChI is InChI=1S/C13H12ClIN2O/c1-8(18)17-13(2,15)10-4-5-11-9(7-10)3-6-12(14)16-11/h3-7H,1-2H3,(H,17,18). The van der Waals surface area contributed by atoms with Crippen LogP contribution in [0.1, 0.15) is 19.4 Å². The van der Waals surface area contributed by atoms with E-state index in [2.05, 4.69) is 32.9 Å². The molecule has 3 nitrogen and oxygen atoms in total. The van der Waals surface area contributed by atoms with Crippen molar-refractivity contribution in [1.82, 2.24) is 10.3 Å². The van der Waals surface area contributed by atoms with Gasteiger partial charge in [0.1, 0.15) is 8.70 Å². The van der Waals surface area contributed by atoms with Gasteiger partial charge in [0.2, 0.25) is 5.91 Å². The zero-order valence-corrected chi connectivity index (χ0v) is 12.9. The molecule has 0 spiro atoms. The third kappa shape index (κ3) is 2.92. The van der Waals surface area contributed by atoms with Gasteiger partial charge in [0.25, 0.3) is 0 Å². The number of carbonyl (C=O) groups excluding carboxylic acids is 1. The van der Waals surface area contributed by atoms with E-state index in [-0.39, 0.29) is 5.91 Å². The lowest BCUT2D eigenvalue weighted by atomic mass is 10.1. The van der Waals surface area contributed by atoms with Crippen molar-refractivity contribution in [3.63, 3.8) is 0 Å². The van der Waals surface area contributed by atoms with Crippen molar-refractivity contribution in [2.45, 2.75) is 17.4 Å². The zero-order chi connectivity index (χ0) is 13.3. The summed E-state index contributed by atoms with van der Waals surface area (Å²) in [5.41, 5.74) is 1.87. The third-order valence-electron chi connectivity index (χ3n) is 2.61. The van der Waals surface area contributed by atoms with Crippen LogP contribution in [-0.4, -0.2) is 10.9 Å². The molecule has 0 fully saturated rings.